The molecule has 23 heavy (non-hydrogen) atoms. The van der Waals surface area contributed by atoms with Crippen molar-refractivity contribution in [3.8, 4) is 11.1 Å². The quantitative estimate of drug-likeness (QED) is 0.576. The van der Waals surface area contributed by atoms with Crippen LogP contribution in [0.1, 0.15) is 5.56 Å². The molecular formula is C16H13N2O4S+. The van der Waals surface area contributed by atoms with E-state index in [1.54, 1.807) is 49.4 Å². The van der Waals surface area contributed by atoms with Gasteiger partial charge in [0.1, 0.15) is 10.4 Å². The summed E-state index contributed by atoms with van der Waals surface area (Å²) < 4.78 is 33.1. The lowest BCUT2D eigenvalue weighted by atomic mass is 10.0. The molecule has 1 heterocycles. The van der Waals surface area contributed by atoms with Crippen molar-refractivity contribution in [1.29, 1.82) is 0 Å². The van der Waals surface area contributed by atoms with Gasteiger partial charge < -0.3 is 0 Å². The van der Waals surface area contributed by atoms with Gasteiger partial charge in [-0.05, 0) is 31.2 Å². The zero-order valence-electron chi connectivity index (χ0n) is 12.2. The Hall–Kier alpha value is -2.64. The fourth-order valence-electron chi connectivity index (χ4n) is 2.40. The van der Waals surface area contributed by atoms with Crippen LogP contribution in [0, 0.1) is 11.8 Å². The van der Waals surface area contributed by atoms with Gasteiger partial charge in [0.05, 0.1) is 15.6 Å². The van der Waals surface area contributed by atoms with Crippen LogP contribution in [0.2, 0.25) is 0 Å². The molecule has 116 valence electrons. The fraction of sp³-hybridized carbons (Fsp3) is 0.0625. The van der Waals surface area contributed by atoms with Crippen LogP contribution in [0.3, 0.4) is 0 Å². The highest BCUT2D eigenvalue weighted by atomic mass is 32.2. The van der Waals surface area contributed by atoms with E-state index < -0.39 is 10.1 Å². The van der Waals surface area contributed by atoms with Crippen molar-refractivity contribution < 1.29 is 17.5 Å². The molecule has 2 aromatic carbocycles. The summed E-state index contributed by atoms with van der Waals surface area (Å²) in [4.78, 5) is 11.7. The Morgan fingerprint density at radius 1 is 1.09 bits per heavy atom. The van der Waals surface area contributed by atoms with Gasteiger partial charge in [0.15, 0.2) is 4.54 Å². The largest absolute Gasteiger partial charge is 0.295 e. The Morgan fingerprint density at radius 2 is 1.83 bits per heavy atom. The lowest BCUT2D eigenvalue weighted by Crippen LogP contribution is -2.15. The minimum Gasteiger partial charge on any atom is -0.282 e. The summed E-state index contributed by atoms with van der Waals surface area (Å²) in [7, 11) is -4.42. The van der Waals surface area contributed by atoms with Gasteiger partial charge in [-0.2, -0.15) is 8.42 Å². The van der Waals surface area contributed by atoms with Gasteiger partial charge in [-0.25, -0.2) is 0 Å². The highest BCUT2D eigenvalue weighted by Crippen LogP contribution is 2.28. The maximum atomic E-state index is 11.9. The number of hydrogen-bond donors (Lipinski definition) is 1. The van der Waals surface area contributed by atoms with Gasteiger partial charge >= 0.3 is 0 Å². The van der Waals surface area contributed by atoms with Crippen molar-refractivity contribution in [2.45, 2.75) is 11.8 Å². The van der Waals surface area contributed by atoms with Crippen LogP contribution in [-0.4, -0.2) is 18.1 Å². The first-order valence-corrected chi connectivity index (χ1v) is 8.21. The first-order valence-electron chi connectivity index (χ1n) is 6.77. The van der Waals surface area contributed by atoms with Crippen molar-refractivity contribution in [3.05, 3.63) is 65.2 Å². The number of aromatic nitrogens is 2. The molecule has 0 aliphatic rings. The van der Waals surface area contributed by atoms with Crippen molar-refractivity contribution in [3.63, 3.8) is 0 Å². The molecule has 0 atom stereocenters. The van der Waals surface area contributed by atoms with E-state index in [1.165, 1.54) is 12.3 Å². The first-order chi connectivity index (χ1) is 10.8. The summed E-state index contributed by atoms with van der Waals surface area (Å²) in [5, 5.41) is 4.57. The number of rotatable bonds is 2. The average Bonchev–Trinajstić information content (AvgIpc) is 2.63. The molecule has 0 unspecified atom stereocenters. The van der Waals surface area contributed by atoms with Gasteiger partial charge in [0.2, 0.25) is 0 Å². The SMILES string of the molecule is Cc1ccc(S(=O)(=O)O)c(-c2cc3ccccc3n[n+](=O)c2)c1. The molecule has 0 aliphatic carbocycles. The predicted molar refractivity (Wildman–Crippen MR) is 85.1 cm³/mol. The Balaban J connectivity index is 2.42. The summed E-state index contributed by atoms with van der Waals surface area (Å²) in [5.74, 6) is 0. The third-order valence-electron chi connectivity index (χ3n) is 3.43. The second-order valence-corrected chi connectivity index (χ2v) is 6.55. The molecule has 0 fully saturated rings. The Bertz CT molecular complexity index is 1080. The van der Waals surface area contributed by atoms with Gasteiger partial charge in [0.25, 0.3) is 16.3 Å². The minimum atomic E-state index is -4.42. The molecule has 3 rings (SSSR count). The summed E-state index contributed by atoms with van der Waals surface area (Å²) in [6.45, 7) is 1.79. The normalized spacial score (nSPS) is 11.6. The number of aryl methyl sites for hydroxylation is 1. The van der Waals surface area contributed by atoms with Crippen LogP contribution in [0.15, 0.2) is 59.6 Å². The summed E-state index contributed by atoms with van der Waals surface area (Å²) in [6, 6.07) is 13.2. The first kappa shape index (κ1) is 15.3. The molecule has 0 bridgehead atoms. The van der Waals surface area contributed by atoms with Gasteiger partial charge in [-0.1, -0.05) is 29.8 Å². The maximum Gasteiger partial charge on any atom is 0.295 e. The zero-order chi connectivity index (χ0) is 16.6. The molecular weight excluding hydrogens is 316 g/mol. The van der Waals surface area contributed by atoms with Crippen LogP contribution < -0.4 is 4.54 Å². The number of fused-ring (bicyclic) bond motifs is 1. The van der Waals surface area contributed by atoms with Crippen molar-refractivity contribution in [2.24, 2.45) is 0 Å². The molecule has 7 heteroatoms. The molecule has 3 aromatic rings. The second kappa shape index (κ2) is 5.53. The number of nitrogens with zero attached hydrogens (tertiary/aromatic N) is 2. The molecule has 0 saturated carbocycles. The van der Waals surface area contributed by atoms with Crippen LogP contribution in [0.25, 0.3) is 22.0 Å². The van der Waals surface area contributed by atoms with Crippen LogP contribution in [-0.2, 0) is 10.1 Å². The van der Waals surface area contributed by atoms with Crippen LogP contribution in [0.5, 0.6) is 0 Å². The van der Waals surface area contributed by atoms with Crippen molar-refractivity contribution in [2.75, 3.05) is 0 Å². The Morgan fingerprint density at radius 3 is 2.57 bits per heavy atom. The lowest BCUT2D eigenvalue weighted by molar-refractivity contribution is -0.560. The topological polar surface area (TPSA) is 90.2 Å². The van der Waals surface area contributed by atoms with E-state index >= 15 is 0 Å². The Labute approximate surface area is 132 Å². The van der Waals surface area contributed by atoms with E-state index in [4.69, 9.17) is 0 Å². The summed E-state index contributed by atoms with van der Waals surface area (Å²) in [5.41, 5.74) is 1.88. The van der Waals surface area contributed by atoms with E-state index in [9.17, 15) is 17.9 Å². The number of benzene rings is 2. The molecule has 0 saturated heterocycles. The number of hydrogen-bond acceptors (Lipinski definition) is 4. The van der Waals surface area contributed by atoms with Crippen molar-refractivity contribution >= 4 is 21.0 Å². The molecule has 6 nitrogen and oxygen atoms in total. The highest BCUT2D eigenvalue weighted by Gasteiger charge is 2.19. The van der Waals surface area contributed by atoms with E-state index in [1.807, 2.05) is 0 Å². The van der Waals surface area contributed by atoms with E-state index in [0.717, 1.165) is 5.56 Å². The van der Waals surface area contributed by atoms with Crippen LogP contribution >= 0.6 is 0 Å². The van der Waals surface area contributed by atoms with Gasteiger partial charge in [0, 0.05) is 10.9 Å². The van der Waals surface area contributed by atoms with E-state index in [0.29, 0.717) is 21.0 Å². The smallest absolute Gasteiger partial charge is 0.282 e. The third-order valence-corrected chi connectivity index (χ3v) is 4.34. The molecule has 0 radical (unpaired) electrons. The average molecular weight is 329 g/mol. The minimum absolute atomic E-state index is 0.250. The molecule has 0 amide bonds. The maximum absolute atomic E-state index is 11.9. The lowest BCUT2D eigenvalue weighted by Gasteiger charge is -2.06. The molecule has 1 aromatic heterocycles. The Kier molecular flexibility index (Phi) is 3.67. The second-order valence-electron chi connectivity index (χ2n) is 5.16. The summed E-state index contributed by atoms with van der Waals surface area (Å²) >= 11 is 0. The van der Waals surface area contributed by atoms with Crippen LogP contribution in [0.4, 0.5) is 0 Å². The molecule has 1 N–H and O–H groups in total. The summed E-state index contributed by atoms with van der Waals surface area (Å²) in [6.07, 6.45) is 1.18. The predicted octanol–water partition coefficient (Wildman–Crippen LogP) is 2.37. The molecule has 0 aliphatic heterocycles. The van der Waals surface area contributed by atoms with E-state index in [2.05, 4.69) is 5.10 Å². The monoisotopic (exact) mass is 329 g/mol. The standard InChI is InChI=1S/C16H12N2O4S/c1-11-6-7-16(23(20,21)22)14(8-11)13-9-12-4-2-3-5-15(12)17-18(19)10-13/h2-10H,1H3/p+1. The van der Waals surface area contributed by atoms with Gasteiger partial charge in [-0.3, -0.25) is 4.55 Å². The fourth-order valence-corrected chi connectivity index (χ4v) is 3.10. The van der Waals surface area contributed by atoms with E-state index in [-0.39, 0.29) is 10.5 Å². The van der Waals surface area contributed by atoms with Crippen molar-refractivity contribution in [1.82, 2.24) is 5.10 Å². The molecule has 0 spiro atoms. The highest BCUT2D eigenvalue weighted by molar-refractivity contribution is 7.86. The van der Waals surface area contributed by atoms with Gasteiger partial charge in [-0.15, -0.1) is 0 Å². The third kappa shape index (κ3) is 3.10. The zero-order valence-corrected chi connectivity index (χ0v) is 13.0.